The van der Waals surface area contributed by atoms with Gasteiger partial charge < -0.3 is 28.5 Å². The Bertz CT molecular complexity index is 1420. The van der Waals surface area contributed by atoms with Crippen LogP contribution in [0.4, 0.5) is 0 Å². The van der Waals surface area contributed by atoms with Gasteiger partial charge in [0.2, 0.25) is 0 Å². The van der Waals surface area contributed by atoms with Gasteiger partial charge in [0.25, 0.3) is 0 Å². The molecule has 2 aliphatic heterocycles. The summed E-state index contributed by atoms with van der Waals surface area (Å²) in [5.74, 6) is -0.0383. The SMILES string of the molecule is c1ccc(COC[C@@H](OCc2ccccc2)[C@H]2OC[C@@H]3CON=C3[C@H](OCc3ccccc3)[C@H]2OCc2ccccc2)cc1. The Kier molecular flexibility index (Phi) is 10.8. The minimum atomic E-state index is -0.537. The zero-order chi connectivity index (χ0) is 29.8. The van der Waals surface area contributed by atoms with Gasteiger partial charge in [-0.05, 0) is 22.3 Å². The van der Waals surface area contributed by atoms with E-state index in [2.05, 4.69) is 53.7 Å². The maximum absolute atomic E-state index is 6.75. The smallest absolute Gasteiger partial charge is 0.129 e. The van der Waals surface area contributed by atoms with Gasteiger partial charge in [0.1, 0.15) is 31.0 Å². The number of hydrogen-bond acceptors (Lipinski definition) is 7. The summed E-state index contributed by atoms with van der Waals surface area (Å²) < 4.78 is 33.0. The van der Waals surface area contributed by atoms with Crippen molar-refractivity contribution in [1.29, 1.82) is 0 Å². The minimum Gasteiger partial charge on any atom is -0.395 e. The number of rotatable bonds is 14. The molecule has 2 aliphatic rings. The van der Waals surface area contributed by atoms with E-state index in [4.69, 9.17) is 28.5 Å². The molecule has 0 aromatic heterocycles. The molecule has 1 saturated heterocycles. The first-order chi connectivity index (χ1) is 21.8. The van der Waals surface area contributed by atoms with Crippen LogP contribution in [-0.4, -0.2) is 49.9 Å². The molecule has 7 heteroatoms. The molecule has 0 amide bonds. The summed E-state index contributed by atoms with van der Waals surface area (Å²) in [6.07, 6.45) is -1.98. The van der Waals surface area contributed by atoms with Gasteiger partial charge in [-0.25, -0.2) is 0 Å². The molecule has 0 N–H and O–H groups in total. The largest absolute Gasteiger partial charge is 0.395 e. The molecule has 7 nitrogen and oxygen atoms in total. The zero-order valence-corrected chi connectivity index (χ0v) is 24.8. The Labute approximate surface area is 259 Å². The third-order valence-electron chi connectivity index (χ3n) is 7.89. The molecule has 228 valence electrons. The van der Waals surface area contributed by atoms with Crippen LogP contribution in [0.2, 0.25) is 0 Å². The standard InChI is InChI=1S/C37H39NO6/c1-5-13-28(14-6-1)21-39-27-33(40-22-29-15-7-2-8-16-29)35-37(42-24-31-19-11-4-12-20-31)36(34-32(25-43-35)26-44-38-34)41-23-30-17-9-3-10-18-30/h1-20,32-33,35-37H,21-27H2/t32-,33-,35-,36+,37+/m1/s1. The van der Waals surface area contributed by atoms with E-state index in [-0.39, 0.29) is 5.92 Å². The predicted octanol–water partition coefficient (Wildman–Crippen LogP) is 6.36. The number of fused-ring (bicyclic) bond motifs is 1. The van der Waals surface area contributed by atoms with E-state index < -0.39 is 24.4 Å². The molecular weight excluding hydrogens is 554 g/mol. The van der Waals surface area contributed by atoms with Gasteiger partial charge in [0.05, 0.1) is 51.3 Å². The Balaban J connectivity index is 1.28. The molecule has 5 atom stereocenters. The molecule has 0 spiro atoms. The number of ether oxygens (including phenoxy) is 5. The van der Waals surface area contributed by atoms with E-state index in [1.807, 2.05) is 72.8 Å². The lowest BCUT2D eigenvalue weighted by molar-refractivity contribution is -0.182. The second kappa shape index (κ2) is 15.7. The van der Waals surface area contributed by atoms with Crippen molar-refractivity contribution < 1.29 is 28.5 Å². The summed E-state index contributed by atoms with van der Waals surface area (Å²) >= 11 is 0. The van der Waals surface area contributed by atoms with E-state index in [0.29, 0.717) is 46.2 Å². The lowest BCUT2D eigenvalue weighted by atomic mass is 9.94. The van der Waals surface area contributed by atoms with Crippen LogP contribution in [0.15, 0.2) is 126 Å². The number of oxime groups is 1. The van der Waals surface area contributed by atoms with Crippen LogP contribution in [0.25, 0.3) is 0 Å². The third kappa shape index (κ3) is 8.20. The summed E-state index contributed by atoms with van der Waals surface area (Å²) in [4.78, 5) is 5.57. The fourth-order valence-electron chi connectivity index (χ4n) is 5.53. The van der Waals surface area contributed by atoms with Crippen molar-refractivity contribution in [2.75, 3.05) is 19.8 Å². The van der Waals surface area contributed by atoms with E-state index in [9.17, 15) is 0 Å². The van der Waals surface area contributed by atoms with Gasteiger partial charge in [-0.15, -0.1) is 0 Å². The molecular formula is C37H39NO6. The topological polar surface area (TPSA) is 67.7 Å². The highest BCUT2D eigenvalue weighted by Crippen LogP contribution is 2.31. The van der Waals surface area contributed by atoms with Crippen LogP contribution < -0.4 is 0 Å². The van der Waals surface area contributed by atoms with Crippen molar-refractivity contribution in [2.24, 2.45) is 11.1 Å². The van der Waals surface area contributed by atoms with Crippen LogP contribution in [0.1, 0.15) is 22.3 Å². The summed E-state index contributed by atoms with van der Waals surface area (Å²) in [7, 11) is 0. The monoisotopic (exact) mass is 593 g/mol. The normalized spacial score (nSPS) is 22.0. The molecule has 0 radical (unpaired) electrons. The molecule has 0 unspecified atom stereocenters. The Morgan fingerprint density at radius 1 is 0.614 bits per heavy atom. The van der Waals surface area contributed by atoms with E-state index in [1.54, 1.807) is 0 Å². The van der Waals surface area contributed by atoms with Gasteiger partial charge in [-0.2, -0.15) is 0 Å². The van der Waals surface area contributed by atoms with Crippen LogP contribution in [0.5, 0.6) is 0 Å². The molecule has 0 bridgehead atoms. The first-order valence-electron chi connectivity index (χ1n) is 15.2. The van der Waals surface area contributed by atoms with Gasteiger partial charge in [0.15, 0.2) is 0 Å². The third-order valence-corrected chi connectivity index (χ3v) is 7.89. The van der Waals surface area contributed by atoms with E-state index in [0.717, 1.165) is 28.0 Å². The van der Waals surface area contributed by atoms with Gasteiger partial charge in [0, 0.05) is 0 Å². The van der Waals surface area contributed by atoms with Crippen LogP contribution in [0, 0.1) is 5.92 Å². The summed E-state index contributed by atoms with van der Waals surface area (Å²) in [6.45, 7) is 2.83. The predicted molar refractivity (Wildman–Crippen MR) is 168 cm³/mol. The van der Waals surface area contributed by atoms with Crippen molar-refractivity contribution in [3.63, 3.8) is 0 Å². The van der Waals surface area contributed by atoms with Crippen molar-refractivity contribution in [2.45, 2.75) is 50.8 Å². The summed E-state index contributed by atoms with van der Waals surface area (Å²) in [6, 6.07) is 40.5. The van der Waals surface area contributed by atoms with Crippen LogP contribution >= 0.6 is 0 Å². The van der Waals surface area contributed by atoms with Gasteiger partial charge >= 0.3 is 0 Å². The maximum Gasteiger partial charge on any atom is 0.129 e. The van der Waals surface area contributed by atoms with E-state index in [1.165, 1.54) is 0 Å². The van der Waals surface area contributed by atoms with E-state index >= 15 is 0 Å². The fourth-order valence-corrected chi connectivity index (χ4v) is 5.53. The molecule has 44 heavy (non-hydrogen) atoms. The molecule has 0 saturated carbocycles. The molecule has 6 rings (SSSR count). The fraction of sp³-hybridized carbons (Fsp3) is 0.324. The van der Waals surface area contributed by atoms with Crippen molar-refractivity contribution in [3.05, 3.63) is 144 Å². The van der Waals surface area contributed by atoms with Gasteiger partial charge in [-0.1, -0.05) is 126 Å². The second-order valence-corrected chi connectivity index (χ2v) is 11.1. The summed E-state index contributed by atoms with van der Waals surface area (Å²) in [5, 5.41) is 4.47. The second-order valence-electron chi connectivity index (χ2n) is 11.1. The highest BCUT2D eigenvalue weighted by atomic mass is 16.6. The Morgan fingerprint density at radius 2 is 1.14 bits per heavy atom. The first kappa shape index (κ1) is 30.2. The lowest BCUT2D eigenvalue weighted by Crippen LogP contribution is -2.51. The van der Waals surface area contributed by atoms with Crippen molar-refractivity contribution in [3.8, 4) is 0 Å². The molecule has 4 aromatic carbocycles. The lowest BCUT2D eigenvalue weighted by Gasteiger charge is -2.35. The maximum atomic E-state index is 6.75. The minimum absolute atomic E-state index is 0.0383. The molecule has 4 aromatic rings. The van der Waals surface area contributed by atoms with Crippen molar-refractivity contribution >= 4 is 5.71 Å². The average Bonchev–Trinajstić information content (AvgIpc) is 3.50. The Morgan fingerprint density at radius 3 is 1.73 bits per heavy atom. The van der Waals surface area contributed by atoms with Crippen LogP contribution in [0.3, 0.4) is 0 Å². The average molecular weight is 594 g/mol. The Hall–Kier alpha value is -3.85. The van der Waals surface area contributed by atoms with Crippen molar-refractivity contribution in [1.82, 2.24) is 0 Å². The summed E-state index contributed by atoms with van der Waals surface area (Å²) in [5.41, 5.74) is 5.10. The highest BCUT2D eigenvalue weighted by molar-refractivity contribution is 5.92. The number of nitrogens with zero attached hydrogens (tertiary/aromatic N) is 1. The molecule has 1 fully saturated rings. The molecule has 2 heterocycles. The first-order valence-corrected chi connectivity index (χ1v) is 15.2. The molecule has 0 aliphatic carbocycles. The number of benzene rings is 4. The van der Waals surface area contributed by atoms with Gasteiger partial charge in [-0.3, -0.25) is 0 Å². The highest BCUT2D eigenvalue weighted by Gasteiger charge is 2.47. The number of hydrogen-bond donors (Lipinski definition) is 0. The zero-order valence-electron chi connectivity index (χ0n) is 24.8. The quantitative estimate of drug-likeness (QED) is 0.170. The van der Waals surface area contributed by atoms with Crippen LogP contribution in [-0.2, 0) is 54.9 Å².